The second-order valence-electron chi connectivity index (χ2n) is 12.3. The summed E-state index contributed by atoms with van der Waals surface area (Å²) in [5.41, 5.74) is 6.38. The fourth-order valence-electron chi connectivity index (χ4n) is 6.92. The molecule has 5 aromatic rings. The number of carbonyl (C=O) groups excluding carboxylic acids is 2. The van der Waals surface area contributed by atoms with Crippen LogP contribution in [0.1, 0.15) is 57.9 Å². The van der Waals surface area contributed by atoms with E-state index in [1.165, 1.54) is 0 Å². The molecule has 0 aromatic heterocycles. The number of nitrogens with zero attached hydrogens (tertiary/aromatic N) is 1. The van der Waals surface area contributed by atoms with Crippen molar-refractivity contribution in [2.75, 3.05) is 24.4 Å². The fraction of sp³-hybridized carbons (Fsp3) is 0.220. The summed E-state index contributed by atoms with van der Waals surface area (Å²) in [5.74, 6) is 0.545. The Morgan fingerprint density at radius 2 is 1.42 bits per heavy atom. The van der Waals surface area contributed by atoms with Crippen molar-refractivity contribution in [3.8, 4) is 11.5 Å². The van der Waals surface area contributed by atoms with Crippen LogP contribution in [-0.4, -0.2) is 36.5 Å². The summed E-state index contributed by atoms with van der Waals surface area (Å²) < 4.78 is 11.6. The highest BCUT2D eigenvalue weighted by atomic mass is 16.5. The molecule has 2 N–H and O–H groups in total. The van der Waals surface area contributed by atoms with E-state index in [-0.39, 0.29) is 11.8 Å². The van der Waals surface area contributed by atoms with E-state index in [0.717, 1.165) is 46.3 Å². The van der Waals surface area contributed by atoms with Crippen LogP contribution in [0.15, 0.2) is 121 Å². The first-order chi connectivity index (χ1) is 23.5. The molecule has 7 nitrogen and oxygen atoms in total. The SMILES string of the molecule is CCCCOc1cc2c(cc1OC)C(=O)N1Cc3cc(NC(c4ccccc4)(c4ccccc4)c4ccccc4)ccc3C[C@H]1C(=O)N2. The van der Waals surface area contributed by atoms with Gasteiger partial charge in [-0.2, -0.15) is 0 Å². The van der Waals surface area contributed by atoms with Crippen LogP contribution < -0.4 is 20.1 Å². The lowest BCUT2D eigenvalue weighted by atomic mass is 9.76. The van der Waals surface area contributed by atoms with E-state index in [1.54, 1.807) is 24.1 Å². The molecule has 5 aromatic carbocycles. The van der Waals surface area contributed by atoms with Gasteiger partial charge in [0.15, 0.2) is 11.5 Å². The highest BCUT2D eigenvalue weighted by Gasteiger charge is 2.40. The number of nitrogens with one attached hydrogen (secondary N) is 2. The molecule has 0 saturated heterocycles. The third-order valence-electron chi connectivity index (χ3n) is 9.40. The van der Waals surface area contributed by atoms with Crippen molar-refractivity contribution in [2.45, 2.75) is 44.3 Å². The van der Waals surface area contributed by atoms with Crippen LogP contribution in [0.2, 0.25) is 0 Å². The van der Waals surface area contributed by atoms with Crippen molar-refractivity contribution < 1.29 is 19.1 Å². The zero-order valence-electron chi connectivity index (χ0n) is 27.2. The van der Waals surface area contributed by atoms with Crippen LogP contribution in [0.25, 0.3) is 0 Å². The number of carbonyl (C=O) groups is 2. The molecule has 0 bridgehead atoms. The van der Waals surface area contributed by atoms with Gasteiger partial charge in [0, 0.05) is 24.7 Å². The Morgan fingerprint density at radius 1 is 0.792 bits per heavy atom. The molecule has 242 valence electrons. The fourth-order valence-corrected chi connectivity index (χ4v) is 6.92. The maximum absolute atomic E-state index is 14.2. The molecule has 2 aliphatic heterocycles. The van der Waals surface area contributed by atoms with E-state index in [9.17, 15) is 9.59 Å². The summed E-state index contributed by atoms with van der Waals surface area (Å²) in [6.07, 6.45) is 2.29. The highest BCUT2D eigenvalue weighted by Crippen LogP contribution is 2.42. The number of benzene rings is 5. The van der Waals surface area contributed by atoms with E-state index in [2.05, 4.69) is 109 Å². The molecule has 48 heavy (non-hydrogen) atoms. The Morgan fingerprint density at radius 3 is 2.00 bits per heavy atom. The smallest absolute Gasteiger partial charge is 0.257 e. The topological polar surface area (TPSA) is 79.9 Å². The van der Waals surface area contributed by atoms with Crippen LogP contribution >= 0.6 is 0 Å². The number of methoxy groups -OCH3 is 1. The third-order valence-corrected chi connectivity index (χ3v) is 9.40. The molecule has 0 aliphatic carbocycles. The van der Waals surface area contributed by atoms with E-state index in [0.29, 0.717) is 42.3 Å². The molecule has 0 fully saturated rings. The largest absolute Gasteiger partial charge is 0.493 e. The quantitative estimate of drug-likeness (QED) is 0.121. The number of hydrogen-bond acceptors (Lipinski definition) is 5. The summed E-state index contributed by atoms with van der Waals surface area (Å²) in [7, 11) is 1.56. The number of ether oxygens (including phenoxy) is 2. The molecule has 1 atom stereocenters. The van der Waals surface area contributed by atoms with Gasteiger partial charge >= 0.3 is 0 Å². The molecule has 2 aliphatic rings. The normalized spacial score (nSPS) is 15.4. The molecular formula is C41H39N3O4. The molecule has 7 heteroatoms. The molecule has 0 unspecified atom stereocenters. The lowest BCUT2D eigenvalue weighted by molar-refractivity contribution is -0.120. The minimum Gasteiger partial charge on any atom is -0.493 e. The summed E-state index contributed by atoms with van der Waals surface area (Å²) in [6, 6.07) is 40.4. The van der Waals surface area contributed by atoms with Crippen molar-refractivity contribution in [3.05, 3.63) is 155 Å². The van der Waals surface area contributed by atoms with Gasteiger partial charge in [-0.1, -0.05) is 110 Å². The molecule has 2 amide bonds. The first kappa shape index (κ1) is 31.1. The predicted molar refractivity (Wildman–Crippen MR) is 189 cm³/mol. The van der Waals surface area contributed by atoms with Gasteiger partial charge < -0.3 is 25.0 Å². The van der Waals surface area contributed by atoms with Gasteiger partial charge in [0.2, 0.25) is 5.91 Å². The van der Waals surface area contributed by atoms with E-state index < -0.39 is 11.6 Å². The Hall–Kier alpha value is -5.56. The van der Waals surface area contributed by atoms with Gasteiger partial charge in [-0.25, -0.2) is 0 Å². The van der Waals surface area contributed by atoms with Gasteiger partial charge in [-0.3, -0.25) is 9.59 Å². The Labute approximate surface area is 281 Å². The van der Waals surface area contributed by atoms with Crippen molar-refractivity contribution in [3.63, 3.8) is 0 Å². The zero-order chi connectivity index (χ0) is 33.1. The number of rotatable bonds is 10. The second-order valence-corrected chi connectivity index (χ2v) is 12.3. The molecule has 7 rings (SSSR count). The first-order valence-corrected chi connectivity index (χ1v) is 16.5. The van der Waals surface area contributed by atoms with Crippen LogP contribution in [-0.2, 0) is 23.3 Å². The number of amides is 2. The van der Waals surface area contributed by atoms with E-state index in [1.807, 2.05) is 18.2 Å². The van der Waals surface area contributed by atoms with Crippen molar-refractivity contribution in [1.29, 1.82) is 0 Å². The van der Waals surface area contributed by atoms with Gasteiger partial charge in [0.1, 0.15) is 11.6 Å². The van der Waals surface area contributed by atoms with Crippen LogP contribution in [0.5, 0.6) is 11.5 Å². The first-order valence-electron chi connectivity index (χ1n) is 16.5. The summed E-state index contributed by atoms with van der Waals surface area (Å²) in [5, 5.41) is 6.95. The van der Waals surface area contributed by atoms with Crippen molar-refractivity contribution in [1.82, 2.24) is 4.90 Å². The van der Waals surface area contributed by atoms with Gasteiger partial charge in [0.25, 0.3) is 5.91 Å². The van der Waals surface area contributed by atoms with Crippen molar-refractivity contribution >= 4 is 23.2 Å². The predicted octanol–water partition coefficient (Wildman–Crippen LogP) is 7.80. The third kappa shape index (κ3) is 5.66. The van der Waals surface area contributed by atoms with E-state index in [4.69, 9.17) is 9.47 Å². The maximum Gasteiger partial charge on any atom is 0.257 e. The van der Waals surface area contributed by atoms with Gasteiger partial charge in [-0.05, 0) is 52.4 Å². The van der Waals surface area contributed by atoms with Gasteiger partial charge in [0.05, 0.1) is 25.0 Å². The minimum absolute atomic E-state index is 0.212. The number of anilines is 2. The lowest BCUT2D eigenvalue weighted by Crippen LogP contribution is -2.48. The number of hydrogen-bond donors (Lipinski definition) is 2. The summed E-state index contributed by atoms with van der Waals surface area (Å²) >= 11 is 0. The number of unbranched alkanes of at least 4 members (excludes halogenated alkanes) is 1. The Balaban J connectivity index is 1.26. The zero-order valence-corrected chi connectivity index (χ0v) is 27.2. The Bertz CT molecular complexity index is 1830. The average Bonchev–Trinajstić information content (AvgIpc) is 3.23. The van der Waals surface area contributed by atoms with E-state index >= 15 is 0 Å². The van der Waals surface area contributed by atoms with Gasteiger partial charge in [-0.15, -0.1) is 0 Å². The minimum atomic E-state index is -0.695. The summed E-state index contributed by atoms with van der Waals surface area (Å²) in [6.45, 7) is 2.91. The molecular weight excluding hydrogens is 598 g/mol. The van der Waals surface area contributed by atoms with Crippen molar-refractivity contribution in [2.24, 2.45) is 0 Å². The number of fused-ring (bicyclic) bond motifs is 3. The maximum atomic E-state index is 14.2. The monoisotopic (exact) mass is 637 g/mol. The standard InChI is InChI=1S/C41H39N3O4/c1-3-4-22-48-38-26-35-34(25-37(38)47-2)40(46)44-27-29-23-33(21-20-28(29)24-36(44)39(45)42-35)43-41(30-14-8-5-9-15-30,31-16-10-6-11-17-31)32-18-12-7-13-19-32/h5-21,23,25-26,36,43H,3-4,22,24,27H2,1-2H3,(H,42,45)/t36-/m0/s1. The van der Waals surface area contributed by atoms with Crippen LogP contribution in [0.3, 0.4) is 0 Å². The second kappa shape index (κ2) is 13.3. The molecule has 0 radical (unpaired) electrons. The lowest BCUT2D eigenvalue weighted by Gasteiger charge is -2.39. The van der Waals surface area contributed by atoms with Crippen LogP contribution in [0, 0.1) is 0 Å². The Kier molecular flexibility index (Phi) is 8.59. The summed E-state index contributed by atoms with van der Waals surface area (Å²) in [4.78, 5) is 29.5. The molecule has 0 saturated carbocycles. The average molecular weight is 638 g/mol. The van der Waals surface area contributed by atoms with Crippen LogP contribution in [0.4, 0.5) is 11.4 Å². The molecule has 2 heterocycles. The molecule has 0 spiro atoms. The highest BCUT2D eigenvalue weighted by molar-refractivity contribution is 6.10.